The highest BCUT2D eigenvalue weighted by molar-refractivity contribution is 5.69. The maximum Gasteiger partial charge on any atom is 0.306 e. The fraction of sp³-hybridized carbons (Fsp3) is 0.776. The maximum absolute atomic E-state index is 13.1. The lowest BCUT2D eigenvalue weighted by molar-refractivity contribution is -0.332. The number of ether oxygens (including phenoxy) is 6. The van der Waals surface area contributed by atoms with E-state index in [1.165, 1.54) is 116 Å². The predicted molar refractivity (Wildman–Crippen MR) is 325 cm³/mol. The molecule has 0 bridgehead atoms. The highest BCUT2D eigenvalue weighted by Gasteiger charge is 2.47. The van der Waals surface area contributed by atoms with Gasteiger partial charge < -0.3 is 64.2 Å². The van der Waals surface area contributed by atoms with Crippen LogP contribution >= 0.6 is 0 Å². The highest BCUT2D eigenvalue weighted by Crippen LogP contribution is 2.27. The molecule has 0 amide bonds. The SMILES string of the molecule is CC/C=C\C/C=C\C/C=C\C/C=C\CCCCCCCCCCCCCOCC(COC1OC(COC2OC(CO)C(O)C(O)C2O)C(O)C(O)C1O)OC(=O)CCCCCCCCCC/C=C\C/C=C\C/C=C\CCCCCCC. The van der Waals surface area contributed by atoms with Crippen molar-refractivity contribution in [2.24, 2.45) is 0 Å². The van der Waals surface area contributed by atoms with Gasteiger partial charge in [0.05, 0.1) is 26.4 Å². The van der Waals surface area contributed by atoms with E-state index in [1.54, 1.807) is 0 Å². The topological polar surface area (TPSA) is 214 Å². The van der Waals surface area contributed by atoms with Crippen molar-refractivity contribution in [2.45, 2.75) is 300 Å². The molecule has 2 heterocycles. The molecule has 2 aliphatic rings. The van der Waals surface area contributed by atoms with Crippen molar-refractivity contribution in [3.8, 4) is 0 Å². The number of hydrogen-bond donors (Lipinski definition) is 7. The van der Waals surface area contributed by atoms with Crippen molar-refractivity contribution in [1.29, 1.82) is 0 Å². The molecule has 0 aliphatic carbocycles. The first kappa shape index (κ1) is 74.3. The first-order chi connectivity index (χ1) is 39.6. The van der Waals surface area contributed by atoms with Crippen molar-refractivity contribution in [2.75, 3.05) is 33.0 Å². The monoisotopic (exact) mass is 1140 g/mol. The second-order valence-electron chi connectivity index (χ2n) is 22.2. The molecule has 0 aromatic heterocycles. The fourth-order valence-corrected chi connectivity index (χ4v) is 9.76. The standard InChI is InChI=1S/C67H116O14/c1-3-5-7-9-11-13-15-17-19-21-23-25-27-29-31-33-35-37-39-41-43-45-47-49-51-76-53-56(54-77-66-65(75)63(73)61(71)58(81-66)55-78-67-64(74)62(72)60(70)57(52-68)80-67)79-59(69)50-48-46-44-42-40-38-36-34-32-30-28-26-24-22-20-18-16-14-12-10-8-6-4-2/h5,7,11,13,16-19,22-25,28,30,56-58,60-68,70-75H,3-4,6,8-10,12,14-15,20-21,26-27,29,31-55H2,1-2H3/b7-5-,13-11-,18-16-,19-17-,24-22-,25-23-,30-28-. The summed E-state index contributed by atoms with van der Waals surface area (Å²) in [6.07, 6.45) is 53.5. The van der Waals surface area contributed by atoms with E-state index in [-0.39, 0.29) is 25.6 Å². The number of aliphatic hydroxyl groups is 7. The number of aliphatic hydroxyl groups excluding tert-OH is 7. The molecule has 2 aliphatic heterocycles. The third-order valence-electron chi connectivity index (χ3n) is 14.9. The van der Waals surface area contributed by atoms with E-state index in [4.69, 9.17) is 28.4 Å². The largest absolute Gasteiger partial charge is 0.457 e. The molecular weight excluding hydrogens is 1030 g/mol. The third kappa shape index (κ3) is 38.7. The number of hydrogen-bond acceptors (Lipinski definition) is 14. The van der Waals surface area contributed by atoms with Crippen molar-refractivity contribution < 1.29 is 69.0 Å². The second-order valence-corrected chi connectivity index (χ2v) is 22.2. The third-order valence-corrected chi connectivity index (χ3v) is 14.9. The molecule has 7 N–H and O–H groups in total. The smallest absolute Gasteiger partial charge is 0.306 e. The molecule has 14 heteroatoms. The summed E-state index contributed by atoms with van der Waals surface area (Å²) in [4.78, 5) is 13.1. The van der Waals surface area contributed by atoms with Gasteiger partial charge >= 0.3 is 5.97 Å². The molecule has 0 aromatic rings. The van der Waals surface area contributed by atoms with E-state index in [9.17, 15) is 40.5 Å². The number of carbonyl (C=O) groups is 1. The average molecular weight is 1150 g/mol. The Morgan fingerprint density at radius 3 is 1.26 bits per heavy atom. The summed E-state index contributed by atoms with van der Waals surface area (Å²) >= 11 is 0. The number of esters is 1. The molecule has 0 radical (unpaired) electrons. The molecule has 0 aromatic carbocycles. The summed E-state index contributed by atoms with van der Waals surface area (Å²) in [5, 5.41) is 72.5. The van der Waals surface area contributed by atoms with Gasteiger partial charge in [-0.15, -0.1) is 0 Å². The van der Waals surface area contributed by atoms with Crippen molar-refractivity contribution >= 4 is 5.97 Å². The van der Waals surface area contributed by atoms with Crippen LogP contribution in [-0.4, -0.2) is 142 Å². The lowest BCUT2D eigenvalue weighted by atomic mass is 9.98. The van der Waals surface area contributed by atoms with Crippen LogP contribution in [0.4, 0.5) is 0 Å². The predicted octanol–water partition coefficient (Wildman–Crippen LogP) is 12.8. The van der Waals surface area contributed by atoms with Gasteiger partial charge in [0.1, 0.15) is 54.9 Å². The van der Waals surface area contributed by atoms with Crippen molar-refractivity contribution in [1.82, 2.24) is 0 Å². The van der Waals surface area contributed by atoms with Gasteiger partial charge in [-0.05, 0) is 89.9 Å². The fourth-order valence-electron chi connectivity index (χ4n) is 9.76. The van der Waals surface area contributed by atoms with E-state index in [2.05, 4.69) is 98.9 Å². The van der Waals surface area contributed by atoms with Gasteiger partial charge in [-0.25, -0.2) is 0 Å². The number of carbonyl (C=O) groups excluding carboxylic acids is 1. The van der Waals surface area contributed by atoms with Gasteiger partial charge in [0.2, 0.25) is 0 Å². The van der Waals surface area contributed by atoms with Gasteiger partial charge in [-0.2, -0.15) is 0 Å². The maximum atomic E-state index is 13.1. The highest BCUT2D eigenvalue weighted by atomic mass is 16.7. The Bertz CT molecular complexity index is 1660. The van der Waals surface area contributed by atoms with Crippen LogP contribution in [0.25, 0.3) is 0 Å². The Morgan fingerprint density at radius 1 is 0.420 bits per heavy atom. The summed E-state index contributed by atoms with van der Waals surface area (Å²) in [7, 11) is 0. The van der Waals surface area contributed by atoms with Crippen LogP contribution in [-0.2, 0) is 33.2 Å². The molecular formula is C67H116O14. The van der Waals surface area contributed by atoms with Crippen LogP contribution in [0, 0.1) is 0 Å². The number of allylic oxidation sites excluding steroid dienone is 14. The van der Waals surface area contributed by atoms with Crippen molar-refractivity contribution in [3.05, 3.63) is 85.1 Å². The Kier molecular flexibility index (Phi) is 48.3. The zero-order valence-electron chi connectivity index (χ0n) is 50.5. The van der Waals surface area contributed by atoms with Crippen LogP contribution in [0.15, 0.2) is 85.1 Å². The van der Waals surface area contributed by atoms with E-state index in [0.717, 1.165) is 89.9 Å². The molecule has 2 rings (SSSR count). The lowest BCUT2D eigenvalue weighted by Crippen LogP contribution is -2.61. The van der Waals surface area contributed by atoms with Gasteiger partial charge in [0, 0.05) is 13.0 Å². The number of rotatable bonds is 52. The summed E-state index contributed by atoms with van der Waals surface area (Å²) in [6, 6.07) is 0. The molecule has 0 spiro atoms. The normalized spacial score (nSPS) is 24.3. The Hall–Kier alpha value is -2.83. The minimum absolute atomic E-state index is 0.0525. The minimum atomic E-state index is -1.71. The lowest BCUT2D eigenvalue weighted by Gasteiger charge is -2.42. The molecule has 14 nitrogen and oxygen atoms in total. The average Bonchev–Trinajstić information content (AvgIpc) is 3.46. The van der Waals surface area contributed by atoms with E-state index in [0.29, 0.717) is 13.0 Å². The Morgan fingerprint density at radius 2 is 0.802 bits per heavy atom. The molecule has 0 saturated carbocycles. The summed E-state index contributed by atoms with van der Waals surface area (Å²) < 4.78 is 34.5. The molecule has 11 atom stereocenters. The van der Waals surface area contributed by atoms with Gasteiger partial charge in [0.15, 0.2) is 12.6 Å². The molecule has 468 valence electrons. The van der Waals surface area contributed by atoms with Crippen molar-refractivity contribution in [3.63, 3.8) is 0 Å². The molecule has 81 heavy (non-hydrogen) atoms. The minimum Gasteiger partial charge on any atom is -0.457 e. The Labute approximate surface area is 490 Å². The zero-order chi connectivity index (χ0) is 58.6. The van der Waals surface area contributed by atoms with Crippen LogP contribution in [0.5, 0.6) is 0 Å². The van der Waals surface area contributed by atoms with Crippen LogP contribution in [0.3, 0.4) is 0 Å². The Balaban J connectivity index is 1.68. The van der Waals surface area contributed by atoms with E-state index >= 15 is 0 Å². The van der Waals surface area contributed by atoms with Gasteiger partial charge in [-0.3, -0.25) is 4.79 Å². The summed E-state index contributed by atoms with van der Waals surface area (Å²) in [5.74, 6) is -0.385. The first-order valence-corrected chi connectivity index (χ1v) is 32.2. The van der Waals surface area contributed by atoms with Gasteiger partial charge in [0.25, 0.3) is 0 Å². The molecule has 2 saturated heterocycles. The van der Waals surface area contributed by atoms with Gasteiger partial charge in [-0.1, -0.05) is 221 Å². The molecule has 11 unspecified atom stereocenters. The zero-order valence-corrected chi connectivity index (χ0v) is 50.5. The second kappa shape index (κ2) is 52.7. The van der Waals surface area contributed by atoms with E-state index < -0.39 is 80.7 Å². The first-order valence-electron chi connectivity index (χ1n) is 32.2. The number of unbranched alkanes of at least 4 members (excludes halogenated alkanes) is 24. The van der Waals surface area contributed by atoms with Crippen LogP contribution in [0.2, 0.25) is 0 Å². The quantitative estimate of drug-likeness (QED) is 0.0172. The van der Waals surface area contributed by atoms with E-state index in [1.807, 2.05) is 0 Å². The van der Waals surface area contributed by atoms with Crippen LogP contribution < -0.4 is 0 Å². The molecule has 2 fully saturated rings. The summed E-state index contributed by atoms with van der Waals surface area (Å²) in [6.45, 7) is 3.56. The van der Waals surface area contributed by atoms with Crippen LogP contribution in [0.1, 0.15) is 232 Å². The summed E-state index contributed by atoms with van der Waals surface area (Å²) in [5.41, 5.74) is 0.